The first-order chi connectivity index (χ1) is 9.67. The van der Waals surface area contributed by atoms with Crippen molar-refractivity contribution in [2.75, 3.05) is 5.75 Å². The molecule has 0 amide bonds. The largest absolute Gasteiger partial charge is 0.379 e. The van der Waals surface area contributed by atoms with E-state index in [9.17, 15) is 0 Å². The third-order valence-corrected chi connectivity index (χ3v) is 4.60. The monoisotopic (exact) mass is 318 g/mol. The van der Waals surface area contributed by atoms with Crippen molar-refractivity contribution in [2.45, 2.75) is 18.9 Å². The SMILES string of the molecule is C[C@]1(c2ccc(-c3ccccc3)cc2)CCSC(N)=N1.Cl. The zero-order chi connectivity index (χ0) is 14.0. The summed E-state index contributed by atoms with van der Waals surface area (Å²) in [7, 11) is 0. The van der Waals surface area contributed by atoms with Gasteiger partial charge in [0.2, 0.25) is 0 Å². The molecule has 110 valence electrons. The maximum absolute atomic E-state index is 5.88. The van der Waals surface area contributed by atoms with E-state index in [4.69, 9.17) is 5.73 Å². The summed E-state index contributed by atoms with van der Waals surface area (Å²) >= 11 is 1.64. The molecule has 2 aromatic rings. The number of halogens is 1. The second-order valence-corrected chi connectivity index (χ2v) is 6.38. The van der Waals surface area contributed by atoms with Crippen molar-refractivity contribution in [1.29, 1.82) is 0 Å². The second kappa shape index (κ2) is 6.54. The van der Waals surface area contributed by atoms with Crippen LogP contribution >= 0.6 is 24.2 Å². The fraction of sp³-hybridized carbons (Fsp3) is 0.235. The Balaban J connectivity index is 0.00000161. The summed E-state index contributed by atoms with van der Waals surface area (Å²) in [6.07, 6.45) is 1.03. The maximum Gasteiger partial charge on any atom is 0.154 e. The van der Waals surface area contributed by atoms with Crippen molar-refractivity contribution in [1.82, 2.24) is 0 Å². The van der Waals surface area contributed by atoms with E-state index >= 15 is 0 Å². The Morgan fingerprint density at radius 1 is 1.00 bits per heavy atom. The Kier molecular flexibility index (Phi) is 4.96. The molecule has 2 nitrogen and oxygen atoms in total. The van der Waals surface area contributed by atoms with Crippen molar-refractivity contribution >= 4 is 29.3 Å². The summed E-state index contributed by atoms with van der Waals surface area (Å²) in [6.45, 7) is 2.16. The zero-order valence-electron chi connectivity index (χ0n) is 12.0. The first-order valence-electron chi connectivity index (χ1n) is 6.81. The molecule has 2 N–H and O–H groups in total. The van der Waals surface area contributed by atoms with Crippen LogP contribution in [0, 0.1) is 0 Å². The molecule has 1 atom stereocenters. The summed E-state index contributed by atoms with van der Waals surface area (Å²) in [5.41, 5.74) is 9.42. The van der Waals surface area contributed by atoms with E-state index in [2.05, 4.69) is 60.4 Å². The number of aliphatic imine (C=N–C) groups is 1. The van der Waals surface area contributed by atoms with Gasteiger partial charge in [-0.1, -0.05) is 66.4 Å². The lowest BCUT2D eigenvalue weighted by Crippen LogP contribution is -2.28. The highest BCUT2D eigenvalue weighted by Gasteiger charge is 2.29. The highest BCUT2D eigenvalue weighted by molar-refractivity contribution is 8.13. The number of nitrogens with two attached hydrogens (primary N) is 1. The number of hydrogen-bond donors (Lipinski definition) is 1. The molecule has 0 aromatic heterocycles. The summed E-state index contributed by atoms with van der Waals surface area (Å²) in [5.74, 6) is 1.03. The van der Waals surface area contributed by atoms with Gasteiger partial charge in [0.1, 0.15) is 0 Å². The summed E-state index contributed by atoms with van der Waals surface area (Å²) in [6, 6.07) is 19.1. The van der Waals surface area contributed by atoms with Gasteiger partial charge in [-0.3, -0.25) is 4.99 Å². The maximum atomic E-state index is 5.88. The minimum Gasteiger partial charge on any atom is -0.379 e. The zero-order valence-corrected chi connectivity index (χ0v) is 13.6. The minimum atomic E-state index is -0.176. The van der Waals surface area contributed by atoms with Crippen LogP contribution in [0.5, 0.6) is 0 Å². The topological polar surface area (TPSA) is 38.4 Å². The lowest BCUT2D eigenvalue weighted by atomic mass is 9.88. The van der Waals surface area contributed by atoms with Crippen LogP contribution in [-0.2, 0) is 5.54 Å². The van der Waals surface area contributed by atoms with Crippen LogP contribution in [0.3, 0.4) is 0 Å². The highest BCUT2D eigenvalue weighted by Crippen LogP contribution is 2.35. The molecule has 1 aliphatic heterocycles. The van der Waals surface area contributed by atoms with Crippen molar-refractivity contribution < 1.29 is 0 Å². The van der Waals surface area contributed by atoms with Crippen LogP contribution in [-0.4, -0.2) is 10.9 Å². The number of benzene rings is 2. The molecule has 21 heavy (non-hydrogen) atoms. The predicted octanol–water partition coefficient (Wildman–Crippen LogP) is 4.44. The number of amidine groups is 1. The Morgan fingerprint density at radius 3 is 2.24 bits per heavy atom. The molecule has 1 heterocycles. The van der Waals surface area contributed by atoms with E-state index in [1.54, 1.807) is 11.8 Å². The fourth-order valence-corrected chi connectivity index (χ4v) is 3.52. The van der Waals surface area contributed by atoms with E-state index in [1.165, 1.54) is 16.7 Å². The number of thioether (sulfide) groups is 1. The van der Waals surface area contributed by atoms with Gasteiger partial charge in [0.05, 0.1) is 5.54 Å². The molecule has 0 saturated carbocycles. The molecular weight excluding hydrogens is 300 g/mol. The van der Waals surface area contributed by atoms with Crippen LogP contribution in [0.2, 0.25) is 0 Å². The molecular formula is C17H19ClN2S. The van der Waals surface area contributed by atoms with Crippen LogP contribution in [0.1, 0.15) is 18.9 Å². The van der Waals surface area contributed by atoms with Crippen LogP contribution in [0.25, 0.3) is 11.1 Å². The van der Waals surface area contributed by atoms with Crippen molar-refractivity contribution in [3.63, 3.8) is 0 Å². The first-order valence-corrected chi connectivity index (χ1v) is 7.80. The standard InChI is InChI=1S/C17H18N2S.ClH/c1-17(11-12-20-16(18)19-17)15-9-7-14(8-10-15)13-5-3-2-4-6-13;/h2-10H,11-12H2,1H3,(H2,18,19);1H/t17-;/m1./s1. The lowest BCUT2D eigenvalue weighted by Gasteiger charge is -2.29. The molecule has 0 saturated heterocycles. The first kappa shape index (κ1) is 15.9. The number of hydrogen-bond acceptors (Lipinski definition) is 3. The highest BCUT2D eigenvalue weighted by atomic mass is 35.5. The van der Waals surface area contributed by atoms with Crippen LogP contribution < -0.4 is 5.73 Å². The van der Waals surface area contributed by atoms with Gasteiger partial charge >= 0.3 is 0 Å². The Labute approximate surface area is 136 Å². The third kappa shape index (κ3) is 3.42. The summed E-state index contributed by atoms with van der Waals surface area (Å²) in [4.78, 5) is 4.64. The molecule has 0 aliphatic carbocycles. The molecule has 2 aromatic carbocycles. The summed E-state index contributed by atoms with van der Waals surface area (Å²) in [5, 5.41) is 0.700. The Hall–Kier alpha value is -1.45. The predicted molar refractivity (Wildman–Crippen MR) is 95.2 cm³/mol. The molecule has 1 aliphatic rings. The molecule has 0 bridgehead atoms. The van der Waals surface area contributed by atoms with Gasteiger partial charge in [-0.25, -0.2) is 0 Å². The van der Waals surface area contributed by atoms with Gasteiger partial charge in [-0.15, -0.1) is 12.4 Å². The van der Waals surface area contributed by atoms with Gasteiger partial charge in [-0.2, -0.15) is 0 Å². The number of rotatable bonds is 2. The summed E-state index contributed by atoms with van der Waals surface area (Å²) < 4.78 is 0. The van der Waals surface area contributed by atoms with Crippen molar-refractivity contribution in [3.05, 3.63) is 60.2 Å². The number of nitrogens with zero attached hydrogens (tertiary/aromatic N) is 1. The molecule has 4 heteroatoms. The Bertz CT molecular complexity index is 625. The molecule has 0 fully saturated rings. The van der Waals surface area contributed by atoms with Gasteiger partial charge in [0, 0.05) is 5.75 Å². The molecule has 0 radical (unpaired) electrons. The van der Waals surface area contributed by atoms with Gasteiger partial charge in [0.25, 0.3) is 0 Å². The van der Waals surface area contributed by atoms with E-state index in [0.29, 0.717) is 5.17 Å². The van der Waals surface area contributed by atoms with E-state index in [1.807, 2.05) is 6.07 Å². The second-order valence-electron chi connectivity index (χ2n) is 5.27. The van der Waals surface area contributed by atoms with Crippen molar-refractivity contribution in [3.8, 4) is 11.1 Å². The van der Waals surface area contributed by atoms with Gasteiger partial charge in [0.15, 0.2) is 5.17 Å². The normalized spacial score (nSPS) is 21.3. The average molecular weight is 319 g/mol. The molecule has 0 unspecified atom stereocenters. The molecule has 0 spiro atoms. The van der Waals surface area contributed by atoms with Gasteiger partial charge < -0.3 is 5.73 Å². The van der Waals surface area contributed by atoms with Crippen LogP contribution in [0.4, 0.5) is 0 Å². The van der Waals surface area contributed by atoms with Gasteiger partial charge in [-0.05, 0) is 30.0 Å². The Morgan fingerprint density at radius 2 is 1.62 bits per heavy atom. The quantitative estimate of drug-likeness (QED) is 0.888. The lowest BCUT2D eigenvalue weighted by molar-refractivity contribution is 0.482. The van der Waals surface area contributed by atoms with Crippen LogP contribution in [0.15, 0.2) is 59.6 Å². The third-order valence-electron chi connectivity index (χ3n) is 3.81. The van der Waals surface area contributed by atoms with E-state index in [-0.39, 0.29) is 17.9 Å². The smallest absolute Gasteiger partial charge is 0.154 e. The van der Waals surface area contributed by atoms with E-state index in [0.717, 1.165) is 12.2 Å². The minimum absolute atomic E-state index is 0. The average Bonchev–Trinajstić information content (AvgIpc) is 2.48. The fourth-order valence-electron chi connectivity index (χ4n) is 2.55. The van der Waals surface area contributed by atoms with E-state index < -0.39 is 0 Å². The molecule has 3 rings (SSSR count). The van der Waals surface area contributed by atoms with Crippen molar-refractivity contribution in [2.24, 2.45) is 10.7 Å².